The van der Waals surface area contributed by atoms with Crippen LogP contribution >= 0.6 is 11.6 Å². The van der Waals surface area contributed by atoms with Gasteiger partial charge in [-0.15, -0.1) is 0 Å². The Morgan fingerprint density at radius 3 is 2.70 bits per heavy atom. The van der Waals surface area contributed by atoms with Crippen molar-refractivity contribution < 1.29 is 14.3 Å². The summed E-state index contributed by atoms with van der Waals surface area (Å²) >= 11 is 5.87. The molecule has 1 amide bonds. The maximum absolute atomic E-state index is 12.4. The van der Waals surface area contributed by atoms with Crippen LogP contribution < -0.4 is 20.1 Å². The van der Waals surface area contributed by atoms with Gasteiger partial charge in [-0.3, -0.25) is 4.79 Å². The molecule has 0 fully saturated rings. The molecule has 2 N–H and O–H groups in total. The van der Waals surface area contributed by atoms with Crippen molar-refractivity contribution in [3.05, 3.63) is 76.9 Å². The number of amides is 1. The second-order valence-corrected chi connectivity index (χ2v) is 6.37. The fourth-order valence-corrected chi connectivity index (χ4v) is 2.77. The average Bonchev–Trinajstić information content (AvgIpc) is 3.15. The van der Waals surface area contributed by atoms with Gasteiger partial charge >= 0.3 is 0 Å². The highest BCUT2D eigenvalue weighted by Gasteiger charge is 2.14. The van der Waals surface area contributed by atoms with Crippen LogP contribution in [0.4, 0.5) is 11.5 Å². The number of carbonyl (C=O) groups excluding carboxylic acids is 1. The average molecular weight is 382 g/mol. The number of rotatable bonds is 5. The van der Waals surface area contributed by atoms with Crippen molar-refractivity contribution in [1.29, 1.82) is 0 Å². The van der Waals surface area contributed by atoms with E-state index >= 15 is 0 Å². The van der Waals surface area contributed by atoms with Crippen molar-refractivity contribution in [3.63, 3.8) is 0 Å². The lowest BCUT2D eigenvalue weighted by molar-refractivity contribution is 0.0951. The number of pyridine rings is 1. The third-order valence-corrected chi connectivity index (χ3v) is 4.29. The van der Waals surface area contributed by atoms with Crippen molar-refractivity contribution in [2.75, 3.05) is 12.1 Å². The Morgan fingerprint density at radius 1 is 1.04 bits per heavy atom. The highest BCUT2D eigenvalue weighted by Crippen LogP contribution is 2.34. The number of nitrogens with one attached hydrogen (secondary N) is 2. The van der Waals surface area contributed by atoms with E-state index in [2.05, 4.69) is 15.6 Å². The van der Waals surface area contributed by atoms with E-state index in [0.29, 0.717) is 34.4 Å². The summed E-state index contributed by atoms with van der Waals surface area (Å²) in [7, 11) is 0. The van der Waals surface area contributed by atoms with E-state index in [4.69, 9.17) is 21.1 Å². The number of hydrogen-bond acceptors (Lipinski definition) is 5. The first-order valence-electron chi connectivity index (χ1n) is 8.33. The van der Waals surface area contributed by atoms with Crippen LogP contribution in [-0.2, 0) is 6.54 Å². The third-order valence-electron chi connectivity index (χ3n) is 4.03. The minimum absolute atomic E-state index is 0.180. The minimum atomic E-state index is -0.180. The van der Waals surface area contributed by atoms with E-state index in [0.717, 1.165) is 11.3 Å². The number of nitrogens with zero attached hydrogens (tertiary/aromatic N) is 1. The Balaban J connectivity index is 1.42. The Bertz CT molecular complexity index is 976. The van der Waals surface area contributed by atoms with Crippen molar-refractivity contribution in [1.82, 2.24) is 10.3 Å². The van der Waals surface area contributed by atoms with E-state index in [-0.39, 0.29) is 12.7 Å². The second-order valence-electron chi connectivity index (χ2n) is 5.93. The van der Waals surface area contributed by atoms with Gasteiger partial charge in [0.2, 0.25) is 6.79 Å². The summed E-state index contributed by atoms with van der Waals surface area (Å²) < 4.78 is 10.7. The molecule has 136 valence electrons. The number of fused-ring (bicyclic) bond motifs is 1. The summed E-state index contributed by atoms with van der Waals surface area (Å²) in [5, 5.41) is 6.72. The van der Waals surface area contributed by atoms with Crippen LogP contribution in [0.1, 0.15) is 15.9 Å². The van der Waals surface area contributed by atoms with E-state index in [1.165, 1.54) is 0 Å². The summed E-state index contributed by atoms with van der Waals surface area (Å²) in [5.41, 5.74) is 2.29. The molecule has 27 heavy (non-hydrogen) atoms. The first-order chi connectivity index (χ1) is 13.2. The first kappa shape index (κ1) is 17.2. The molecule has 1 aliphatic heterocycles. The van der Waals surface area contributed by atoms with Gasteiger partial charge in [0.05, 0.1) is 0 Å². The zero-order valence-electron chi connectivity index (χ0n) is 14.2. The van der Waals surface area contributed by atoms with Gasteiger partial charge in [-0.1, -0.05) is 23.7 Å². The molecule has 7 heteroatoms. The summed E-state index contributed by atoms with van der Waals surface area (Å²) in [6.45, 7) is 0.642. The molecule has 1 aliphatic rings. The Morgan fingerprint density at radius 2 is 1.85 bits per heavy atom. The molecule has 0 radical (unpaired) electrons. The summed E-state index contributed by atoms with van der Waals surface area (Å²) in [4.78, 5) is 16.7. The lowest BCUT2D eigenvalue weighted by Gasteiger charge is -2.09. The molecule has 0 bridgehead atoms. The SMILES string of the molecule is O=C(NCc1ccc(Cl)cc1)c1ccnc(Nc2ccc3c(c2)OCO3)c1. The van der Waals surface area contributed by atoms with E-state index in [9.17, 15) is 4.79 Å². The molecule has 2 aromatic carbocycles. The van der Waals surface area contributed by atoms with Crippen molar-refractivity contribution in [2.45, 2.75) is 6.54 Å². The van der Waals surface area contributed by atoms with Crippen LogP contribution in [0.2, 0.25) is 5.02 Å². The van der Waals surface area contributed by atoms with E-state index in [1.807, 2.05) is 30.3 Å². The molecule has 1 aromatic heterocycles. The molecule has 0 atom stereocenters. The van der Waals surface area contributed by atoms with Gasteiger partial charge in [0.15, 0.2) is 11.5 Å². The lowest BCUT2D eigenvalue weighted by atomic mass is 10.2. The van der Waals surface area contributed by atoms with Gasteiger partial charge in [-0.2, -0.15) is 0 Å². The normalized spacial score (nSPS) is 11.9. The molecule has 0 saturated heterocycles. The van der Waals surface area contributed by atoms with Crippen molar-refractivity contribution in [3.8, 4) is 11.5 Å². The van der Waals surface area contributed by atoms with Crippen LogP contribution in [0.5, 0.6) is 11.5 Å². The highest BCUT2D eigenvalue weighted by atomic mass is 35.5. The Kier molecular flexibility index (Phi) is 4.80. The quantitative estimate of drug-likeness (QED) is 0.695. The van der Waals surface area contributed by atoms with Gasteiger partial charge in [0.1, 0.15) is 5.82 Å². The summed E-state index contributed by atoms with van der Waals surface area (Å²) in [5.74, 6) is 1.77. The minimum Gasteiger partial charge on any atom is -0.454 e. The largest absolute Gasteiger partial charge is 0.454 e. The standard InChI is InChI=1S/C20H16ClN3O3/c21-15-3-1-13(2-4-15)11-23-20(25)14-7-8-22-19(9-14)24-16-5-6-17-18(10-16)27-12-26-17/h1-10H,11-12H2,(H,22,24)(H,23,25). The molecule has 0 spiro atoms. The maximum atomic E-state index is 12.4. The van der Waals surface area contributed by atoms with Crippen LogP contribution in [0.3, 0.4) is 0 Å². The van der Waals surface area contributed by atoms with Gasteiger partial charge in [0, 0.05) is 35.1 Å². The first-order valence-corrected chi connectivity index (χ1v) is 8.70. The molecule has 3 aromatic rings. The van der Waals surface area contributed by atoms with E-state index in [1.54, 1.807) is 30.5 Å². The number of benzene rings is 2. The van der Waals surface area contributed by atoms with E-state index < -0.39 is 0 Å². The van der Waals surface area contributed by atoms with Crippen molar-refractivity contribution in [2.24, 2.45) is 0 Å². The summed E-state index contributed by atoms with van der Waals surface area (Å²) in [6.07, 6.45) is 1.59. The van der Waals surface area contributed by atoms with Gasteiger partial charge in [0.25, 0.3) is 5.91 Å². The molecule has 0 unspecified atom stereocenters. The van der Waals surface area contributed by atoms with Gasteiger partial charge < -0.3 is 20.1 Å². The predicted octanol–water partition coefficient (Wildman–Crippen LogP) is 4.14. The molecule has 2 heterocycles. The number of anilines is 2. The predicted molar refractivity (Wildman–Crippen MR) is 103 cm³/mol. The molecular weight excluding hydrogens is 366 g/mol. The van der Waals surface area contributed by atoms with Crippen LogP contribution in [0, 0.1) is 0 Å². The second kappa shape index (κ2) is 7.55. The molecular formula is C20H16ClN3O3. The third kappa shape index (κ3) is 4.12. The number of aromatic nitrogens is 1. The number of hydrogen-bond donors (Lipinski definition) is 2. The zero-order chi connectivity index (χ0) is 18.6. The van der Waals surface area contributed by atoms with Gasteiger partial charge in [-0.05, 0) is 42.0 Å². The number of halogens is 1. The van der Waals surface area contributed by atoms with Crippen LogP contribution in [-0.4, -0.2) is 17.7 Å². The Labute approximate surface area is 161 Å². The van der Waals surface area contributed by atoms with Crippen LogP contribution in [0.25, 0.3) is 0 Å². The van der Waals surface area contributed by atoms with Crippen LogP contribution in [0.15, 0.2) is 60.8 Å². The zero-order valence-corrected chi connectivity index (χ0v) is 15.0. The molecule has 6 nitrogen and oxygen atoms in total. The Hall–Kier alpha value is -3.25. The highest BCUT2D eigenvalue weighted by molar-refractivity contribution is 6.30. The molecule has 0 aliphatic carbocycles. The fourth-order valence-electron chi connectivity index (χ4n) is 2.65. The maximum Gasteiger partial charge on any atom is 0.251 e. The topological polar surface area (TPSA) is 72.5 Å². The van der Waals surface area contributed by atoms with Gasteiger partial charge in [-0.25, -0.2) is 4.98 Å². The smallest absolute Gasteiger partial charge is 0.251 e. The number of ether oxygens (including phenoxy) is 2. The fraction of sp³-hybridized carbons (Fsp3) is 0.100. The number of carbonyl (C=O) groups is 1. The summed E-state index contributed by atoms with van der Waals surface area (Å²) in [6, 6.07) is 16.2. The van der Waals surface area contributed by atoms with Crippen molar-refractivity contribution >= 4 is 29.0 Å². The monoisotopic (exact) mass is 381 g/mol. The lowest BCUT2D eigenvalue weighted by Crippen LogP contribution is -2.22. The molecule has 0 saturated carbocycles. The molecule has 4 rings (SSSR count).